The minimum absolute atomic E-state index is 0.0993. The second-order valence-electron chi connectivity index (χ2n) is 6.62. The van der Waals surface area contributed by atoms with Crippen LogP contribution >= 0.6 is 0 Å². The van der Waals surface area contributed by atoms with Crippen LogP contribution in [0.25, 0.3) is 11.0 Å². The lowest BCUT2D eigenvalue weighted by atomic mass is 10.0. The van der Waals surface area contributed by atoms with E-state index in [4.69, 9.17) is 9.15 Å². The van der Waals surface area contributed by atoms with Crippen molar-refractivity contribution in [1.82, 2.24) is 0 Å². The fraction of sp³-hybridized carbons (Fsp3) is 0.273. The van der Waals surface area contributed by atoms with E-state index in [9.17, 15) is 14.0 Å². The predicted octanol–water partition coefficient (Wildman–Crippen LogP) is 4.94. The molecule has 1 aromatic heterocycles. The van der Waals surface area contributed by atoms with Crippen molar-refractivity contribution < 1.29 is 23.1 Å². The van der Waals surface area contributed by atoms with Gasteiger partial charge < -0.3 is 9.15 Å². The van der Waals surface area contributed by atoms with Crippen LogP contribution in [0.5, 0.6) is 0 Å². The highest BCUT2D eigenvalue weighted by Gasteiger charge is 2.13. The lowest BCUT2D eigenvalue weighted by Gasteiger charge is -2.05. The Morgan fingerprint density at radius 1 is 1.07 bits per heavy atom. The van der Waals surface area contributed by atoms with Crippen LogP contribution in [0.4, 0.5) is 4.39 Å². The van der Waals surface area contributed by atoms with Crippen LogP contribution in [-0.4, -0.2) is 18.4 Å². The fourth-order valence-corrected chi connectivity index (χ4v) is 2.88. The summed E-state index contributed by atoms with van der Waals surface area (Å²) in [5, 5.41) is 0.918. The van der Waals surface area contributed by atoms with Gasteiger partial charge in [-0.05, 0) is 67.8 Å². The summed E-state index contributed by atoms with van der Waals surface area (Å²) in [6.45, 7) is 4.19. The smallest absolute Gasteiger partial charge is 0.310 e. The van der Waals surface area contributed by atoms with Crippen LogP contribution < -0.4 is 0 Å². The summed E-state index contributed by atoms with van der Waals surface area (Å²) in [7, 11) is 0. The van der Waals surface area contributed by atoms with Crippen LogP contribution in [-0.2, 0) is 16.0 Å². The van der Waals surface area contributed by atoms with E-state index in [1.54, 1.807) is 6.26 Å². The zero-order valence-corrected chi connectivity index (χ0v) is 15.4. The van der Waals surface area contributed by atoms with Crippen molar-refractivity contribution in [3.05, 3.63) is 70.7 Å². The SMILES string of the molecule is Cc1cc2occ(CC(=O)OCCCC(=O)c3ccc(F)cc3)c2cc1C. The van der Waals surface area contributed by atoms with Crippen molar-refractivity contribution in [3.8, 4) is 0 Å². The van der Waals surface area contributed by atoms with Gasteiger partial charge in [0.1, 0.15) is 11.4 Å². The number of hydrogen-bond donors (Lipinski definition) is 0. The molecular weight excluding hydrogens is 347 g/mol. The van der Waals surface area contributed by atoms with Crippen LogP contribution in [0.2, 0.25) is 0 Å². The Kier molecular flexibility index (Phi) is 5.69. The molecule has 0 aliphatic heterocycles. The monoisotopic (exact) mass is 368 g/mol. The van der Waals surface area contributed by atoms with Crippen molar-refractivity contribution in [2.24, 2.45) is 0 Å². The number of halogens is 1. The first-order chi connectivity index (χ1) is 12.9. The Hall–Kier alpha value is -2.95. The highest BCUT2D eigenvalue weighted by atomic mass is 19.1. The summed E-state index contributed by atoms with van der Waals surface area (Å²) in [5.74, 6) is -0.833. The van der Waals surface area contributed by atoms with Gasteiger partial charge >= 0.3 is 5.97 Å². The zero-order valence-electron chi connectivity index (χ0n) is 15.4. The molecule has 4 nitrogen and oxygen atoms in total. The van der Waals surface area contributed by atoms with E-state index in [0.717, 1.165) is 27.7 Å². The molecule has 27 heavy (non-hydrogen) atoms. The maximum absolute atomic E-state index is 12.9. The van der Waals surface area contributed by atoms with Crippen LogP contribution in [0, 0.1) is 19.7 Å². The number of furan rings is 1. The normalized spacial score (nSPS) is 10.9. The molecule has 3 aromatic rings. The van der Waals surface area contributed by atoms with Gasteiger partial charge in [-0.1, -0.05) is 0 Å². The van der Waals surface area contributed by atoms with E-state index in [-0.39, 0.29) is 37.0 Å². The molecule has 0 unspecified atom stereocenters. The second-order valence-corrected chi connectivity index (χ2v) is 6.62. The lowest BCUT2D eigenvalue weighted by Crippen LogP contribution is -2.10. The summed E-state index contributed by atoms with van der Waals surface area (Å²) in [6.07, 6.45) is 2.38. The average molecular weight is 368 g/mol. The topological polar surface area (TPSA) is 56.5 Å². The van der Waals surface area contributed by atoms with Crippen LogP contribution in [0.3, 0.4) is 0 Å². The van der Waals surface area contributed by atoms with Crippen molar-refractivity contribution in [3.63, 3.8) is 0 Å². The first-order valence-electron chi connectivity index (χ1n) is 8.86. The van der Waals surface area contributed by atoms with Gasteiger partial charge in [0.2, 0.25) is 0 Å². The standard InChI is InChI=1S/C22H21FO4/c1-14-10-19-17(13-27-21(19)11-15(14)2)12-22(25)26-9-3-4-20(24)16-5-7-18(23)8-6-16/h5-8,10-11,13H,3-4,9,12H2,1-2H3. The molecule has 0 aliphatic carbocycles. The first kappa shape index (κ1) is 18.8. The number of carbonyl (C=O) groups is 2. The minimum atomic E-state index is -0.377. The third-order valence-electron chi connectivity index (χ3n) is 4.58. The molecule has 0 N–H and O–H groups in total. The molecule has 1 heterocycles. The van der Waals surface area contributed by atoms with E-state index in [1.165, 1.54) is 24.3 Å². The Bertz CT molecular complexity index is 970. The maximum Gasteiger partial charge on any atom is 0.310 e. The highest BCUT2D eigenvalue weighted by molar-refractivity contribution is 5.96. The number of aryl methyl sites for hydroxylation is 2. The van der Waals surface area contributed by atoms with Crippen LogP contribution in [0.15, 0.2) is 47.1 Å². The summed E-state index contributed by atoms with van der Waals surface area (Å²) in [6, 6.07) is 9.39. The summed E-state index contributed by atoms with van der Waals surface area (Å²) in [5.41, 5.74) is 4.28. The Labute approximate surface area is 156 Å². The quantitative estimate of drug-likeness (QED) is 0.337. The summed E-state index contributed by atoms with van der Waals surface area (Å²) in [4.78, 5) is 24.1. The molecule has 140 valence electrons. The first-order valence-corrected chi connectivity index (χ1v) is 8.86. The molecule has 2 aromatic carbocycles. The van der Waals surface area contributed by atoms with Gasteiger partial charge in [-0.15, -0.1) is 0 Å². The lowest BCUT2D eigenvalue weighted by molar-refractivity contribution is -0.142. The molecule has 0 aliphatic rings. The van der Waals surface area contributed by atoms with Crippen molar-refractivity contribution >= 4 is 22.7 Å². The molecular formula is C22H21FO4. The number of ketones is 1. The molecule has 0 spiro atoms. The molecule has 0 amide bonds. The van der Waals surface area contributed by atoms with Crippen molar-refractivity contribution in [1.29, 1.82) is 0 Å². The molecule has 5 heteroatoms. The van der Waals surface area contributed by atoms with Gasteiger partial charge in [-0.2, -0.15) is 0 Å². The van der Waals surface area contributed by atoms with Gasteiger partial charge in [-0.25, -0.2) is 4.39 Å². The van der Waals surface area contributed by atoms with Gasteiger partial charge in [0, 0.05) is 22.9 Å². The molecule has 0 bridgehead atoms. The number of benzene rings is 2. The molecule has 0 saturated heterocycles. The Morgan fingerprint density at radius 3 is 2.52 bits per heavy atom. The Morgan fingerprint density at radius 2 is 1.78 bits per heavy atom. The number of Topliss-reactive ketones (excluding diaryl/α,β-unsaturated/α-hetero) is 1. The number of hydrogen-bond acceptors (Lipinski definition) is 4. The second kappa shape index (κ2) is 8.16. The molecule has 0 radical (unpaired) electrons. The number of ether oxygens (including phenoxy) is 1. The molecule has 3 rings (SSSR count). The van der Waals surface area contributed by atoms with Gasteiger partial charge in [0.25, 0.3) is 0 Å². The third kappa shape index (κ3) is 4.61. The minimum Gasteiger partial charge on any atom is -0.465 e. The summed E-state index contributed by atoms with van der Waals surface area (Å²) < 4.78 is 23.6. The molecule has 0 fully saturated rings. The highest BCUT2D eigenvalue weighted by Crippen LogP contribution is 2.25. The van der Waals surface area contributed by atoms with E-state index >= 15 is 0 Å². The van der Waals surface area contributed by atoms with Crippen LogP contribution in [0.1, 0.15) is 39.9 Å². The number of esters is 1. The van der Waals surface area contributed by atoms with Crippen molar-refractivity contribution in [2.45, 2.75) is 33.1 Å². The number of carbonyl (C=O) groups excluding carboxylic acids is 2. The van der Waals surface area contributed by atoms with E-state index in [2.05, 4.69) is 0 Å². The van der Waals surface area contributed by atoms with E-state index in [1.807, 2.05) is 26.0 Å². The number of rotatable bonds is 7. The molecule has 0 saturated carbocycles. The fourth-order valence-electron chi connectivity index (χ4n) is 2.88. The van der Waals surface area contributed by atoms with Gasteiger partial charge in [0.15, 0.2) is 5.78 Å². The van der Waals surface area contributed by atoms with Gasteiger partial charge in [-0.3, -0.25) is 9.59 Å². The third-order valence-corrected chi connectivity index (χ3v) is 4.58. The Balaban J connectivity index is 1.48. The zero-order chi connectivity index (χ0) is 19.4. The maximum atomic E-state index is 12.9. The predicted molar refractivity (Wildman–Crippen MR) is 100 cm³/mol. The largest absolute Gasteiger partial charge is 0.465 e. The van der Waals surface area contributed by atoms with E-state index < -0.39 is 0 Å². The molecule has 0 atom stereocenters. The van der Waals surface area contributed by atoms with Crippen molar-refractivity contribution in [2.75, 3.05) is 6.61 Å². The van der Waals surface area contributed by atoms with Gasteiger partial charge in [0.05, 0.1) is 19.3 Å². The summed E-state index contributed by atoms with van der Waals surface area (Å²) >= 11 is 0. The number of fused-ring (bicyclic) bond motifs is 1. The van der Waals surface area contributed by atoms with E-state index in [0.29, 0.717) is 12.0 Å². The average Bonchev–Trinajstić information content (AvgIpc) is 3.01.